The van der Waals surface area contributed by atoms with Crippen LogP contribution in [0.2, 0.25) is 0 Å². The quantitative estimate of drug-likeness (QED) is 0.291. The van der Waals surface area contributed by atoms with E-state index in [1.165, 1.54) is 13.2 Å². The van der Waals surface area contributed by atoms with Crippen LogP contribution in [0.1, 0.15) is 52.5 Å². The molecular formula is C29H43N5O6. The SMILES string of the molecule is COC(=O)[C@@H](NC(=O)N[C@@H](Cc1ccccc1)C(=O)N[C@H]1CCCCNC(=O)/C=C\[C@H](C(C)C)NC1=O)C(C)C. The summed E-state index contributed by atoms with van der Waals surface area (Å²) >= 11 is 0. The predicted molar refractivity (Wildman–Crippen MR) is 151 cm³/mol. The van der Waals surface area contributed by atoms with Crippen molar-refractivity contribution in [1.29, 1.82) is 0 Å². The van der Waals surface area contributed by atoms with Gasteiger partial charge in [0.1, 0.15) is 18.1 Å². The van der Waals surface area contributed by atoms with Crippen molar-refractivity contribution in [2.24, 2.45) is 11.8 Å². The molecule has 0 spiro atoms. The number of esters is 1. The normalized spacial score (nSPS) is 20.6. The minimum absolute atomic E-state index is 0.00666. The minimum atomic E-state index is -1.03. The predicted octanol–water partition coefficient (Wildman–Crippen LogP) is 1.58. The molecule has 0 fully saturated rings. The largest absolute Gasteiger partial charge is 0.467 e. The van der Waals surface area contributed by atoms with Gasteiger partial charge in [-0.3, -0.25) is 14.4 Å². The fourth-order valence-electron chi connectivity index (χ4n) is 4.20. The lowest BCUT2D eigenvalue weighted by molar-refractivity contribution is -0.144. The van der Waals surface area contributed by atoms with E-state index >= 15 is 0 Å². The number of amides is 5. The van der Waals surface area contributed by atoms with Gasteiger partial charge in [0.05, 0.1) is 7.11 Å². The Morgan fingerprint density at radius 1 is 1.02 bits per heavy atom. The van der Waals surface area contributed by atoms with E-state index in [0.717, 1.165) is 5.56 Å². The molecule has 0 aliphatic carbocycles. The fraction of sp³-hybridized carbons (Fsp3) is 0.552. The van der Waals surface area contributed by atoms with E-state index in [-0.39, 0.29) is 30.1 Å². The molecule has 0 bridgehead atoms. The number of ether oxygens (including phenoxy) is 1. The lowest BCUT2D eigenvalue weighted by atomic mass is 10.0. The molecule has 2 rings (SSSR count). The van der Waals surface area contributed by atoms with Crippen molar-refractivity contribution in [1.82, 2.24) is 26.6 Å². The van der Waals surface area contributed by atoms with Gasteiger partial charge >= 0.3 is 12.0 Å². The van der Waals surface area contributed by atoms with E-state index < -0.39 is 42.1 Å². The second-order valence-corrected chi connectivity index (χ2v) is 10.6. The Labute approximate surface area is 236 Å². The Balaban J connectivity index is 2.24. The van der Waals surface area contributed by atoms with Crippen molar-refractivity contribution in [3.8, 4) is 0 Å². The summed E-state index contributed by atoms with van der Waals surface area (Å²) in [6.07, 6.45) is 4.80. The average Bonchev–Trinajstić information content (AvgIpc) is 2.91. The molecule has 11 heteroatoms. The molecule has 0 radical (unpaired) electrons. The van der Waals surface area contributed by atoms with Crippen LogP contribution in [-0.2, 0) is 30.3 Å². The highest BCUT2D eigenvalue weighted by Gasteiger charge is 2.30. The Hall–Kier alpha value is -3.89. The highest BCUT2D eigenvalue weighted by molar-refractivity contribution is 5.93. The van der Waals surface area contributed by atoms with Gasteiger partial charge in [-0.2, -0.15) is 0 Å². The van der Waals surface area contributed by atoms with E-state index in [2.05, 4.69) is 26.6 Å². The topological polar surface area (TPSA) is 155 Å². The van der Waals surface area contributed by atoms with Crippen LogP contribution in [0.5, 0.6) is 0 Å². The summed E-state index contributed by atoms with van der Waals surface area (Å²) in [4.78, 5) is 63.9. The van der Waals surface area contributed by atoms with Gasteiger partial charge in [-0.15, -0.1) is 0 Å². The molecule has 0 aromatic heterocycles. The lowest BCUT2D eigenvalue weighted by Crippen LogP contribution is -2.58. The Kier molecular flexibility index (Phi) is 13.1. The summed E-state index contributed by atoms with van der Waals surface area (Å²) in [6.45, 7) is 7.83. The Bertz CT molecular complexity index is 1040. The molecular weight excluding hydrogens is 514 g/mol. The van der Waals surface area contributed by atoms with Crippen LogP contribution in [0.3, 0.4) is 0 Å². The summed E-state index contributed by atoms with van der Waals surface area (Å²) in [6, 6.07) is 5.29. The van der Waals surface area contributed by atoms with Crippen molar-refractivity contribution in [2.45, 2.75) is 77.5 Å². The van der Waals surface area contributed by atoms with E-state index in [1.54, 1.807) is 19.9 Å². The molecule has 1 aliphatic heterocycles. The number of urea groups is 1. The minimum Gasteiger partial charge on any atom is -0.467 e. The van der Waals surface area contributed by atoms with E-state index in [9.17, 15) is 24.0 Å². The molecule has 220 valence electrons. The molecule has 5 amide bonds. The number of rotatable bonds is 9. The standard InChI is InChI=1S/C29H43N5O6/c1-18(2)21-14-15-24(35)30-16-10-9-13-22(26(36)31-21)32-27(37)23(17-20-11-7-6-8-12-20)33-29(39)34-25(19(3)4)28(38)40-5/h6-8,11-12,14-15,18-19,21-23,25H,9-10,13,16-17H2,1-5H3,(H,30,35)(H,31,36)(H,32,37)(H2,33,34,39)/b15-14-/t21-,22+,23+,25+/m1/s1. The highest BCUT2D eigenvalue weighted by atomic mass is 16.5. The van der Waals surface area contributed by atoms with Crippen molar-refractivity contribution in [3.05, 3.63) is 48.0 Å². The molecule has 1 aliphatic rings. The number of nitrogens with one attached hydrogen (secondary N) is 5. The maximum Gasteiger partial charge on any atom is 0.328 e. The number of carbonyl (C=O) groups is 5. The van der Waals surface area contributed by atoms with Crippen LogP contribution < -0.4 is 26.6 Å². The number of hydrogen-bond donors (Lipinski definition) is 5. The first-order chi connectivity index (χ1) is 19.0. The van der Waals surface area contributed by atoms with E-state index in [1.807, 2.05) is 44.2 Å². The van der Waals surface area contributed by atoms with Gasteiger partial charge < -0.3 is 31.3 Å². The average molecular weight is 558 g/mol. The van der Waals surface area contributed by atoms with Gasteiger partial charge in [0.2, 0.25) is 17.7 Å². The van der Waals surface area contributed by atoms with Crippen molar-refractivity contribution < 1.29 is 28.7 Å². The zero-order valence-corrected chi connectivity index (χ0v) is 24.0. The zero-order valence-electron chi connectivity index (χ0n) is 24.0. The van der Waals surface area contributed by atoms with E-state index in [0.29, 0.717) is 25.8 Å². The molecule has 1 aromatic rings. The van der Waals surface area contributed by atoms with Crippen molar-refractivity contribution >= 4 is 29.7 Å². The van der Waals surface area contributed by atoms with Crippen molar-refractivity contribution in [2.75, 3.05) is 13.7 Å². The van der Waals surface area contributed by atoms with Crippen LogP contribution in [0.4, 0.5) is 4.79 Å². The van der Waals surface area contributed by atoms with Crippen molar-refractivity contribution in [3.63, 3.8) is 0 Å². The first kappa shape index (κ1) is 32.3. The summed E-state index contributed by atoms with van der Waals surface area (Å²) in [5.41, 5.74) is 0.806. The molecule has 11 nitrogen and oxygen atoms in total. The first-order valence-corrected chi connectivity index (χ1v) is 13.8. The zero-order chi connectivity index (χ0) is 29.7. The molecule has 0 saturated heterocycles. The van der Waals surface area contributed by atoms with Crippen LogP contribution in [0.15, 0.2) is 42.5 Å². The van der Waals surface area contributed by atoms with Gasteiger partial charge in [-0.05, 0) is 36.7 Å². The van der Waals surface area contributed by atoms with Gasteiger partial charge in [0.15, 0.2) is 0 Å². The molecule has 40 heavy (non-hydrogen) atoms. The summed E-state index contributed by atoms with van der Waals surface area (Å²) < 4.78 is 4.79. The monoisotopic (exact) mass is 557 g/mol. The maximum absolute atomic E-state index is 13.5. The summed E-state index contributed by atoms with van der Waals surface area (Å²) in [7, 11) is 1.24. The third-order valence-electron chi connectivity index (χ3n) is 6.65. The van der Waals surface area contributed by atoms with Gasteiger partial charge in [0, 0.05) is 25.1 Å². The number of methoxy groups -OCH3 is 1. The van der Waals surface area contributed by atoms with Gasteiger partial charge in [-0.1, -0.05) is 64.1 Å². The second kappa shape index (κ2) is 16.3. The Morgan fingerprint density at radius 2 is 1.73 bits per heavy atom. The molecule has 0 saturated carbocycles. The molecule has 5 N–H and O–H groups in total. The molecule has 1 aromatic carbocycles. The lowest BCUT2D eigenvalue weighted by Gasteiger charge is -2.27. The van der Waals surface area contributed by atoms with Crippen LogP contribution in [-0.4, -0.2) is 67.5 Å². The highest BCUT2D eigenvalue weighted by Crippen LogP contribution is 2.10. The van der Waals surface area contributed by atoms with Crippen LogP contribution >= 0.6 is 0 Å². The first-order valence-electron chi connectivity index (χ1n) is 13.8. The third kappa shape index (κ3) is 10.7. The van der Waals surface area contributed by atoms with Gasteiger partial charge in [0.25, 0.3) is 0 Å². The molecule has 4 atom stereocenters. The second-order valence-electron chi connectivity index (χ2n) is 10.6. The summed E-state index contributed by atoms with van der Waals surface area (Å²) in [5.74, 6) is -1.95. The summed E-state index contributed by atoms with van der Waals surface area (Å²) in [5, 5.41) is 13.8. The third-order valence-corrected chi connectivity index (χ3v) is 6.65. The van der Waals surface area contributed by atoms with Gasteiger partial charge in [-0.25, -0.2) is 9.59 Å². The smallest absolute Gasteiger partial charge is 0.328 e. The number of hydrogen-bond acceptors (Lipinski definition) is 6. The number of carbonyl (C=O) groups excluding carboxylic acids is 5. The van der Waals surface area contributed by atoms with Crippen LogP contribution in [0, 0.1) is 11.8 Å². The van der Waals surface area contributed by atoms with Crippen LogP contribution in [0.25, 0.3) is 0 Å². The fourth-order valence-corrected chi connectivity index (χ4v) is 4.20. The Morgan fingerprint density at radius 3 is 2.35 bits per heavy atom. The molecule has 1 heterocycles. The maximum atomic E-state index is 13.5. The van der Waals surface area contributed by atoms with E-state index in [4.69, 9.17) is 4.74 Å². The number of benzene rings is 1. The molecule has 0 unspecified atom stereocenters.